The zero-order valence-electron chi connectivity index (χ0n) is 17.5. The van der Waals surface area contributed by atoms with E-state index in [2.05, 4.69) is 10.3 Å². The van der Waals surface area contributed by atoms with Gasteiger partial charge in [0, 0.05) is 24.5 Å². The first-order valence-electron chi connectivity index (χ1n) is 9.93. The second kappa shape index (κ2) is 9.25. The van der Waals surface area contributed by atoms with Crippen LogP contribution in [0.4, 0.5) is 24.7 Å². The molecule has 168 valence electrons. The van der Waals surface area contributed by atoms with Crippen LogP contribution in [0.25, 0.3) is 5.69 Å². The summed E-state index contributed by atoms with van der Waals surface area (Å²) in [6.45, 7) is 3.60. The Morgan fingerprint density at radius 2 is 1.84 bits per heavy atom. The fraction of sp³-hybridized carbons (Fsp3) is 0.261. The van der Waals surface area contributed by atoms with E-state index in [-0.39, 0.29) is 23.8 Å². The Kier molecular flexibility index (Phi) is 6.67. The number of halogens is 3. The van der Waals surface area contributed by atoms with Gasteiger partial charge < -0.3 is 10.4 Å². The smallest absolute Gasteiger partial charge is 0.418 e. The van der Waals surface area contributed by atoms with Crippen LogP contribution < -0.4 is 10.9 Å². The van der Waals surface area contributed by atoms with Crippen molar-refractivity contribution in [2.45, 2.75) is 38.8 Å². The minimum atomic E-state index is -4.60. The molecule has 6 nitrogen and oxygen atoms in total. The summed E-state index contributed by atoms with van der Waals surface area (Å²) in [5.41, 5.74) is 0.0508. The number of carboxylic acid groups (broad SMARTS) is 1. The number of aromatic nitrogens is 2. The van der Waals surface area contributed by atoms with E-state index in [1.807, 2.05) is 0 Å². The number of rotatable bonds is 7. The van der Waals surface area contributed by atoms with Crippen LogP contribution in [-0.2, 0) is 17.4 Å². The number of carboxylic acids is 1. The number of benzene rings is 2. The highest BCUT2D eigenvalue weighted by Crippen LogP contribution is 2.37. The topological polar surface area (TPSA) is 84.2 Å². The molecule has 9 heteroatoms. The zero-order valence-corrected chi connectivity index (χ0v) is 17.5. The van der Waals surface area contributed by atoms with Crippen LogP contribution in [-0.4, -0.2) is 20.6 Å². The van der Waals surface area contributed by atoms with Crippen LogP contribution >= 0.6 is 0 Å². The molecule has 0 fully saturated rings. The normalized spacial score (nSPS) is 11.6. The first-order valence-corrected chi connectivity index (χ1v) is 9.93. The highest BCUT2D eigenvalue weighted by molar-refractivity contribution is 5.67. The molecule has 3 aromatic rings. The number of carbonyl (C=O) groups is 1. The van der Waals surface area contributed by atoms with Crippen LogP contribution in [0.15, 0.2) is 59.7 Å². The Morgan fingerprint density at radius 1 is 1.16 bits per heavy atom. The van der Waals surface area contributed by atoms with Gasteiger partial charge in [0.1, 0.15) is 0 Å². The van der Waals surface area contributed by atoms with Gasteiger partial charge in [0.2, 0.25) is 0 Å². The maximum Gasteiger partial charge on any atom is 0.418 e. The Balaban J connectivity index is 1.93. The molecule has 0 unspecified atom stereocenters. The van der Waals surface area contributed by atoms with Crippen molar-refractivity contribution in [3.05, 3.63) is 81.9 Å². The third-order valence-corrected chi connectivity index (χ3v) is 4.95. The standard InChI is InChI=1S/C23H22F3N3O3/c1-14(2)16-6-9-19(18(13-16)23(24,25)26)28-21-22(32)29(12-11-27-21)17-7-3-15(4-8-17)5-10-20(30)31/h3-4,6-9,11-14H,5,10H2,1-2H3,(H,27,28)(H,30,31). The third-order valence-electron chi connectivity index (χ3n) is 4.95. The highest BCUT2D eigenvalue weighted by atomic mass is 19.4. The molecule has 0 spiro atoms. The predicted octanol–water partition coefficient (Wildman–Crippen LogP) is 5.14. The third kappa shape index (κ3) is 5.35. The molecule has 0 aliphatic rings. The Hall–Kier alpha value is -3.62. The summed E-state index contributed by atoms with van der Waals surface area (Å²) in [6.07, 6.45) is -1.54. The first-order chi connectivity index (χ1) is 15.1. The van der Waals surface area contributed by atoms with Gasteiger partial charge in [-0.2, -0.15) is 13.2 Å². The van der Waals surface area contributed by atoms with E-state index in [4.69, 9.17) is 5.11 Å². The molecule has 0 aliphatic carbocycles. The second-order valence-corrected chi connectivity index (χ2v) is 7.59. The summed E-state index contributed by atoms with van der Waals surface area (Å²) in [7, 11) is 0. The van der Waals surface area contributed by atoms with Crippen molar-refractivity contribution in [3.8, 4) is 5.69 Å². The Morgan fingerprint density at radius 3 is 2.44 bits per heavy atom. The van der Waals surface area contributed by atoms with Gasteiger partial charge in [0.15, 0.2) is 5.82 Å². The van der Waals surface area contributed by atoms with Crippen molar-refractivity contribution in [1.29, 1.82) is 0 Å². The van der Waals surface area contributed by atoms with Crippen molar-refractivity contribution < 1.29 is 23.1 Å². The van der Waals surface area contributed by atoms with E-state index >= 15 is 0 Å². The quantitative estimate of drug-likeness (QED) is 0.526. The van der Waals surface area contributed by atoms with Gasteiger partial charge in [0.05, 0.1) is 11.3 Å². The summed E-state index contributed by atoms with van der Waals surface area (Å²) >= 11 is 0. The molecule has 32 heavy (non-hydrogen) atoms. The Labute approximate surface area is 182 Å². The van der Waals surface area contributed by atoms with E-state index in [0.717, 1.165) is 11.6 Å². The summed E-state index contributed by atoms with van der Waals surface area (Å²) in [5.74, 6) is -1.24. The molecule has 0 radical (unpaired) electrons. The average Bonchev–Trinajstić information content (AvgIpc) is 2.73. The van der Waals surface area contributed by atoms with Crippen LogP contribution in [0.1, 0.15) is 42.9 Å². The number of aryl methyl sites for hydroxylation is 1. The van der Waals surface area contributed by atoms with Gasteiger partial charge in [0.25, 0.3) is 5.56 Å². The van der Waals surface area contributed by atoms with Crippen molar-refractivity contribution in [1.82, 2.24) is 9.55 Å². The SMILES string of the molecule is CC(C)c1ccc(Nc2nccn(-c3ccc(CCC(=O)O)cc3)c2=O)c(C(F)(F)F)c1. The zero-order chi connectivity index (χ0) is 23.5. The Bertz CT molecular complexity index is 1170. The van der Waals surface area contributed by atoms with Crippen molar-refractivity contribution in [2.24, 2.45) is 0 Å². The lowest BCUT2D eigenvalue weighted by Crippen LogP contribution is -2.22. The largest absolute Gasteiger partial charge is 0.481 e. The monoisotopic (exact) mass is 445 g/mol. The number of anilines is 2. The number of nitrogens with one attached hydrogen (secondary N) is 1. The van der Waals surface area contributed by atoms with Gasteiger partial charge in [-0.15, -0.1) is 0 Å². The van der Waals surface area contributed by atoms with Crippen molar-refractivity contribution in [2.75, 3.05) is 5.32 Å². The fourth-order valence-electron chi connectivity index (χ4n) is 3.17. The predicted molar refractivity (Wildman–Crippen MR) is 115 cm³/mol. The second-order valence-electron chi connectivity index (χ2n) is 7.59. The molecule has 1 aromatic heterocycles. The summed E-state index contributed by atoms with van der Waals surface area (Å²) in [5, 5.41) is 11.3. The van der Waals surface area contributed by atoms with Gasteiger partial charge in [-0.3, -0.25) is 14.2 Å². The molecule has 0 atom stereocenters. The lowest BCUT2D eigenvalue weighted by atomic mass is 9.99. The van der Waals surface area contributed by atoms with Crippen LogP contribution in [0.3, 0.4) is 0 Å². The number of hydrogen-bond donors (Lipinski definition) is 2. The average molecular weight is 445 g/mol. The summed E-state index contributed by atoms with van der Waals surface area (Å²) in [4.78, 5) is 27.5. The van der Waals surface area contributed by atoms with Gasteiger partial charge in [-0.05, 0) is 47.7 Å². The minimum absolute atomic E-state index is 0.0141. The molecule has 0 aliphatic heterocycles. The summed E-state index contributed by atoms with van der Waals surface area (Å²) in [6, 6.07) is 10.6. The van der Waals surface area contributed by atoms with Crippen molar-refractivity contribution in [3.63, 3.8) is 0 Å². The number of aliphatic carboxylic acids is 1. The van der Waals surface area contributed by atoms with E-state index in [1.165, 1.54) is 23.0 Å². The molecule has 0 bridgehead atoms. The maximum atomic E-state index is 13.6. The van der Waals surface area contributed by atoms with Crippen LogP contribution in [0, 0.1) is 0 Å². The van der Waals surface area contributed by atoms with Gasteiger partial charge in [-0.25, -0.2) is 4.98 Å². The number of hydrogen-bond acceptors (Lipinski definition) is 4. The molecular weight excluding hydrogens is 423 g/mol. The molecule has 3 rings (SSSR count). The highest BCUT2D eigenvalue weighted by Gasteiger charge is 2.34. The summed E-state index contributed by atoms with van der Waals surface area (Å²) < 4.78 is 42.1. The van der Waals surface area contributed by atoms with E-state index in [1.54, 1.807) is 44.2 Å². The van der Waals surface area contributed by atoms with Crippen LogP contribution in [0.5, 0.6) is 0 Å². The molecule has 0 saturated carbocycles. The maximum absolute atomic E-state index is 13.6. The fourth-order valence-corrected chi connectivity index (χ4v) is 3.17. The molecular formula is C23H22F3N3O3. The lowest BCUT2D eigenvalue weighted by molar-refractivity contribution is -0.137. The molecule has 2 N–H and O–H groups in total. The van der Waals surface area contributed by atoms with Gasteiger partial charge in [-0.1, -0.05) is 32.0 Å². The molecule has 0 amide bonds. The number of nitrogens with zero attached hydrogens (tertiary/aromatic N) is 2. The molecule has 0 saturated heterocycles. The van der Waals surface area contributed by atoms with E-state index in [9.17, 15) is 22.8 Å². The number of alkyl halides is 3. The minimum Gasteiger partial charge on any atom is -0.481 e. The lowest BCUT2D eigenvalue weighted by Gasteiger charge is -2.17. The van der Waals surface area contributed by atoms with E-state index < -0.39 is 23.3 Å². The molecule has 2 aromatic carbocycles. The van der Waals surface area contributed by atoms with E-state index in [0.29, 0.717) is 17.7 Å². The molecule has 1 heterocycles. The van der Waals surface area contributed by atoms with Crippen LogP contribution in [0.2, 0.25) is 0 Å². The van der Waals surface area contributed by atoms with Crippen molar-refractivity contribution >= 4 is 17.5 Å². The first kappa shape index (κ1) is 23.1. The van der Waals surface area contributed by atoms with Gasteiger partial charge >= 0.3 is 12.1 Å².